The van der Waals surface area contributed by atoms with Crippen molar-refractivity contribution in [2.75, 3.05) is 39.4 Å². The molecular weight excluding hydrogens is 436 g/mol. The van der Waals surface area contributed by atoms with Crippen LogP contribution in [0.15, 0.2) is 60.7 Å². The first kappa shape index (κ1) is 25.1. The van der Waals surface area contributed by atoms with E-state index in [1.165, 1.54) is 6.08 Å². The molecule has 1 aliphatic rings. The monoisotopic (exact) mass is 466 g/mol. The maximum absolute atomic E-state index is 13.0. The number of nitrogens with one attached hydrogen (secondary N) is 2. The molecule has 1 saturated heterocycles. The van der Waals surface area contributed by atoms with Gasteiger partial charge in [-0.2, -0.15) is 0 Å². The molecule has 34 heavy (non-hydrogen) atoms. The number of hydroxylamine groups is 1. The second-order valence-corrected chi connectivity index (χ2v) is 7.91. The number of carbonyl (C=O) groups is 3. The molecule has 0 unspecified atom stereocenters. The molecule has 1 fully saturated rings. The fourth-order valence-electron chi connectivity index (χ4n) is 3.56. The summed E-state index contributed by atoms with van der Waals surface area (Å²) in [7, 11) is 0. The van der Waals surface area contributed by atoms with Crippen LogP contribution in [0.4, 0.5) is 4.79 Å². The number of morpholine rings is 1. The van der Waals surface area contributed by atoms with Crippen molar-refractivity contribution < 1.29 is 24.3 Å². The Morgan fingerprint density at radius 2 is 1.74 bits per heavy atom. The predicted octanol–water partition coefficient (Wildman–Crippen LogP) is 2.28. The topological polar surface area (TPSA) is 111 Å². The summed E-state index contributed by atoms with van der Waals surface area (Å²) in [5, 5.41) is 11.1. The number of hydrogen-bond acceptors (Lipinski definition) is 6. The van der Waals surface area contributed by atoms with Crippen molar-refractivity contribution in [3.05, 3.63) is 77.4 Å². The summed E-state index contributed by atoms with van der Waals surface area (Å²) in [6.07, 6.45) is 3.56. The van der Waals surface area contributed by atoms with Crippen LogP contribution >= 0.6 is 0 Å². The molecule has 0 aromatic heterocycles. The van der Waals surface area contributed by atoms with Gasteiger partial charge < -0.3 is 9.64 Å². The van der Waals surface area contributed by atoms with Crippen molar-refractivity contribution >= 4 is 23.9 Å². The average Bonchev–Trinajstić information content (AvgIpc) is 2.88. The van der Waals surface area contributed by atoms with Gasteiger partial charge in [0.15, 0.2) is 0 Å². The first-order valence-electron chi connectivity index (χ1n) is 11.2. The molecule has 4 amide bonds. The van der Waals surface area contributed by atoms with E-state index in [4.69, 9.17) is 9.94 Å². The highest BCUT2D eigenvalue weighted by Gasteiger charge is 2.18. The Hall–Kier alpha value is -3.53. The summed E-state index contributed by atoms with van der Waals surface area (Å²) < 4.78 is 5.38. The van der Waals surface area contributed by atoms with Crippen molar-refractivity contribution in [2.45, 2.75) is 13.0 Å². The fraction of sp³-hybridized carbons (Fsp3) is 0.320. The van der Waals surface area contributed by atoms with Gasteiger partial charge in [-0.1, -0.05) is 42.5 Å². The van der Waals surface area contributed by atoms with E-state index in [0.29, 0.717) is 18.7 Å². The van der Waals surface area contributed by atoms with Crippen molar-refractivity contribution in [2.24, 2.45) is 0 Å². The first-order chi connectivity index (χ1) is 16.5. The van der Waals surface area contributed by atoms with Gasteiger partial charge in [-0.15, -0.1) is 0 Å². The van der Waals surface area contributed by atoms with Crippen LogP contribution in [0.25, 0.3) is 6.08 Å². The largest absolute Gasteiger partial charge is 0.379 e. The molecule has 0 aliphatic carbocycles. The number of carbonyl (C=O) groups excluding carboxylic acids is 3. The molecule has 2 aromatic rings. The third-order valence-electron chi connectivity index (χ3n) is 5.44. The van der Waals surface area contributed by atoms with Crippen LogP contribution in [-0.2, 0) is 16.1 Å². The Kier molecular flexibility index (Phi) is 9.78. The van der Waals surface area contributed by atoms with Crippen molar-refractivity contribution in [3.8, 4) is 0 Å². The van der Waals surface area contributed by atoms with Gasteiger partial charge >= 0.3 is 6.03 Å². The van der Waals surface area contributed by atoms with Gasteiger partial charge in [0.25, 0.3) is 11.8 Å². The zero-order valence-electron chi connectivity index (χ0n) is 19.0. The van der Waals surface area contributed by atoms with E-state index in [-0.39, 0.29) is 0 Å². The van der Waals surface area contributed by atoms with E-state index >= 15 is 0 Å². The van der Waals surface area contributed by atoms with Gasteiger partial charge in [0.1, 0.15) is 0 Å². The molecule has 0 saturated carbocycles. The standard InChI is InChI=1S/C25H30N4O5/c30-23(27-33)12-11-20-7-9-21(10-8-20)19-29(14-4-13-28-15-17-34-18-16-28)25(32)26-24(31)22-5-2-1-3-6-22/h1-3,5-12,33H,4,13-19H2,(H,27,30)(H,26,31,32). The number of amides is 4. The normalized spacial score (nSPS) is 14.0. The number of benzene rings is 2. The molecule has 3 N–H and O–H groups in total. The van der Waals surface area contributed by atoms with E-state index in [1.54, 1.807) is 40.7 Å². The quantitative estimate of drug-likeness (QED) is 0.297. The summed E-state index contributed by atoms with van der Waals surface area (Å²) >= 11 is 0. The molecule has 180 valence electrons. The van der Waals surface area contributed by atoms with Gasteiger partial charge in [0.2, 0.25) is 0 Å². The summed E-state index contributed by atoms with van der Waals surface area (Å²) in [5.74, 6) is -1.05. The van der Waals surface area contributed by atoms with Crippen molar-refractivity contribution in [1.29, 1.82) is 0 Å². The Morgan fingerprint density at radius 3 is 2.41 bits per heavy atom. The third-order valence-corrected chi connectivity index (χ3v) is 5.44. The van der Waals surface area contributed by atoms with Crippen LogP contribution < -0.4 is 10.8 Å². The predicted molar refractivity (Wildman–Crippen MR) is 127 cm³/mol. The fourth-order valence-corrected chi connectivity index (χ4v) is 3.56. The maximum atomic E-state index is 13.0. The molecule has 2 aromatic carbocycles. The van der Waals surface area contributed by atoms with Crippen LogP contribution in [0.2, 0.25) is 0 Å². The maximum Gasteiger partial charge on any atom is 0.324 e. The summed E-state index contributed by atoms with van der Waals surface area (Å²) in [6.45, 7) is 4.86. The minimum absolute atomic E-state index is 0.331. The molecule has 0 radical (unpaired) electrons. The number of urea groups is 1. The van der Waals surface area contributed by atoms with E-state index < -0.39 is 17.8 Å². The van der Waals surface area contributed by atoms with Gasteiger partial charge in [-0.05, 0) is 35.8 Å². The number of nitrogens with zero attached hydrogens (tertiary/aromatic N) is 2. The molecule has 1 aliphatic heterocycles. The van der Waals surface area contributed by atoms with Crippen molar-refractivity contribution in [1.82, 2.24) is 20.6 Å². The Balaban J connectivity index is 1.63. The lowest BCUT2D eigenvalue weighted by atomic mass is 10.1. The van der Waals surface area contributed by atoms with Crippen LogP contribution in [0.3, 0.4) is 0 Å². The molecule has 9 heteroatoms. The molecule has 9 nitrogen and oxygen atoms in total. The van der Waals surface area contributed by atoms with Crippen LogP contribution in [0, 0.1) is 0 Å². The summed E-state index contributed by atoms with van der Waals surface area (Å²) in [6, 6.07) is 15.5. The van der Waals surface area contributed by atoms with E-state index in [1.807, 2.05) is 30.3 Å². The zero-order valence-corrected chi connectivity index (χ0v) is 19.0. The average molecular weight is 467 g/mol. The van der Waals surface area contributed by atoms with Crippen molar-refractivity contribution in [3.63, 3.8) is 0 Å². The Bertz CT molecular complexity index is 973. The lowest BCUT2D eigenvalue weighted by Gasteiger charge is -2.28. The minimum atomic E-state index is -0.615. The van der Waals surface area contributed by atoms with Gasteiger partial charge in [0.05, 0.1) is 13.2 Å². The Morgan fingerprint density at radius 1 is 1.03 bits per heavy atom. The lowest BCUT2D eigenvalue weighted by molar-refractivity contribution is -0.124. The highest BCUT2D eigenvalue weighted by Crippen LogP contribution is 2.11. The molecular formula is C25H30N4O5. The Labute approximate surface area is 199 Å². The van der Waals surface area contributed by atoms with Crippen LogP contribution in [0.1, 0.15) is 27.9 Å². The van der Waals surface area contributed by atoms with Crippen LogP contribution in [-0.4, -0.2) is 72.2 Å². The lowest BCUT2D eigenvalue weighted by Crippen LogP contribution is -2.44. The molecule has 0 bridgehead atoms. The van der Waals surface area contributed by atoms with E-state index in [2.05, 4.69) is 10.2 Å². The minimum Gasteiger partial charge on any atom is -0.379 e. The third kappa shape index (κ3) is 8.11. The second-order valence-electron chi connectivity index (χ2n) is 7.91. The van der Waals surface area contributed by atoms with E-state index in [0.717, 1.165) is 50.4 Å². The van der Waals surface area contributed by atoms with Gasteiger partial charge in [0, 0.05) is 44.4 Å². The number of imide groups is 1. The molecule has 1 heterocycles. The molecule has 0 spiro atoms. The van der Waals surface area contributed by atoms with Gasteiger partial charge in [-0.25, -0.2) is 10.3 Å². The smallest absolute Gasteiger partial charge is 0.324 e. The molecule has 3 rings (SSSR count). The SMILES string of the molecule is O=C(C=Cc1ccc(CN(CCCN2CCOCC2)C(=O)NC(=O)c2ccccc2)cc1)NO. The highest BCUT2D eigenvalue weighted by molar-refractivity contribution is 6.04. The zero-order chi connectivity index (χ0) is 24.2. The van der Waals surface area contributed by atoms with E-state index in [9.17, 15) is 14.4 Å². The first-order valence-corrected chi connectivity index (χ1v) is 11.2. The van der Waals surface area contributed by atoms with Gasteiger partial charge in [-0.3, -0.25) is 25.0 Å². The molecule has 0 atom stereocenters. The second kappa shape index (κ2) is 13.2. The number of hydrogen-bond donors (Lipinski definition) is 3. The highest BCUT2D eigenvalue weighted by atomic mass is 16.5. The van der Waals surface area contributed by atoms with Crippen LogP contribution in [0.5, 0.6) is 0 Å². The number of ether oxygens (including phenoxy) is 1. The number of rotatable bonds is 9. The summed E-state index contributed by atoms with van der Waals surface area (Å²) in [5.41, 5.74) is 3.62. The summed E-state index contributed by atoms with van der Waals surface area (Å²) in [4.78, 5) is 40.5.